The second kappa shape index (κ2) is 19.4. The molecule has 18 heteroatoms. The van der Waals surface area contributed by atoms with Gasteiger partial charge in [-0.2, -0.15) is 0 Å². The van der Waals surface area contributed by atoms with Crippen molar-refractivity contribution in [2.75, 3.05) is 0 Å². The molecule has 0 aromatic carbocycles. The zero-order valence-electron chi connectivity index (χ0n) is 16.2. The van der Waals surface area contributed by atoms with Crippen molar-refractivity contribution in [1.29, 1.82) is 0 Å². The normalized spacial score (nSPS) is 9.40. The van der Waals surface area contributed by atoms with Crippen LogP contribution in [0.4, 0.5) is 0 Å². The molecule has 0 unspecified atom stereocenters. The van der Waals surface area contributed by atoms with Crippen LogP contribution in [-0.2, 0) is 28.8 Å². The van der Waals surface area contributed by atoms with Crippen LogP contribution < -0.4 is 104 Å². The standard InChI is InChI=1S/2C6H8O7.3Na.H2O/c2*7-3(8)1-6(13,5(11)12)2-4(9)10;;;;/h2*13H,1-2H2,(H,7,8)(H,9,10)(H,11,12);;;;1H2/q;;3*+1;/p-3. The SMILES string of the molecule is O.O=C(O)CC(O)(CC(=O)O)C(=O)O.O=C([O-])CC(O)(CC(=O)[O-])C(=O)[O-].[Na+].[Na+].[Na+]. The predicted octanol–water partition coefficient (Wildman–Crippen LogP) is -16.3. The van der Waals surface area contributed by atoms with E-state index in [0.717, 1.165) is 0 Å². The number of carbonyl (C=O) groups excluding carboxylic acids is 3. The molecule has 0 aliphatic rings. The van der Waals surface area contributed by atoms with Crippen LogP contribution in [0.2, 0.25) is 0 Å². The number of carbonyl (C=O) groups is 6. The summed E-state index contributed by atoms with van der Waals surface area (Å²) < 4.78 is 0. The third-order valence-electron chi connectivity index (χ3n) is 2.54. The van der Waals surface area contributed by atoms with Crippen LogP contribution in [-0.4, -0.2) is 78.0 Å². The van der Waals surface area contributed by atoms with E-state index in [4.69, 9.17) is 25.5 Å². The quantitative estimate of drug-likeness (QED) is 0.186. The Morgan fingerprint density at radius 1 is 0.600 bits per heavy atom. The minimum Gasteiger partial charge on any atom is -0.550 e. The van der Waals surface area contributed by atoms with E-state index in [1.165, 1.54) is 0 Å². The largest absolute Gasteiger partial charge is 1.00 e. The number of aliphatic hydroxyl groups is 2. The van der Waals surface area contributed by atoms with Crippen molar-refractivity contribution >= 4 is 35.8 Å². The first kappa shape index (κ1) is 43.6. The van der Waals surface area contributed by atoms with Crippen LogP contribution in [0.15, 0.2) is 0 Å². The average Bonchev–Trinajstić information content (AvgIpc) is 2.34. The van der Waals surface area contributed by atoms with E-state index < -0.39 is 72.7 Å². The van der Waals surface area contributed by atoms with Crippen molar-refractivity contribution in [3.8, 4) is 0 Å². The number of hydrogen-bond donors (Lipinski definition) is 5. The number of aliphatic carboxylic acids is 6. The van der Waals surface area contributed by atoms with Crippen molar-refractivity contribution in [3.05, 3.63) is 0 Å². The smallest absolute Gasteiger partial charge is 0.550 e. The molecule has 0 aliphatic carbocycles. The van der Waals surface area contributed by atoms with Crippen molar-refractivity contribution in [2.24, 2.45) is 0 Å². The van der Waals surface area contributed by atoms with Gasteiger partial charge in [0.25, 0.3) is 0 Å². The van der Waals surface area contributed by atoms with Crippen molar-refractivity contribution in [1.82, 2.24) is 0 Å². The first-order valence-electron chi connectivity index (χ1n) is 6.28. The Bertz CT molecular complexity index is 522. The van der Waals surface area contributed by atoms with Gasteiger partial charge in [-0.15, -0.1) is 0 Å². The predicted molar refractivity (Wildman–Crippen MR) is 69.9 cm³/mol. The molecule has 0 aliphatic heterocycles. The third-order valence-corrected chi connectivity index (χ3v) is 2.54. The van der Waals surface area contributed by atoms with Gasteiger partial charge < -0.3 is 60.7 Å². The zero-order chi connectivity index (χ0) is 21.3. The van der Waals surface area contributed by atoms with Gasteiger partial charge >= 0.3 is 107 Å². The summed E-state index contributed by atoms with van der Waals surface area (Å²) in [5.41, 5.74) is -5.71. The van der Waals surface area contributed by atoms with Crippen LogP contribution in [0.5, 0.6) is 0 Å². The van der Waals surface area contributed by atoms with E-state index in [9.17, 15) is 44.1 Å². The monoisotopic (exact) mass is 468 g/mol. The second-order valence-corrected chi connectivity index (χ2v) is 4.89. The summed E-state index contributed by atoms with van der Waals surface area (Å²) in [4.78, 5) is 60.5. The van der Waals surface area contributed by atoms with Gasteiger partial charge in [-0.25, -0.2) is 4.79 Å². The van der Waals surface area contributed by atoms with Crippen LogP contribution in [0.25, 0.3) is 0 Å². The summed E-state index contributed by atoms with van der Waals surface area (Å²) in [6.45, 7) is 0. The van der Waals surface area contributed by atoms with Gasteiger partial charge in [-0.05, 0) is 0 Å². The molecular weight excluding hydrogens is 453 g/mol. The van der Waals surface area contributed by atoms with E-state index in [2.05, 4.69) is 0 Å². The maximum Gasteiger partial charge on any atom is 1.00 e. The minimum absolute atomic E-state index is 0. The van der Waals surface area contributed by atoms with Crippen molar-refractivity contribution in [2.45, 2.75) is 36.9 Å². The van der Waals surface area contributed by atoms with E-state index in [1.807, 2.05) is 0 Å². The first-order chi connectivity index (χ1) is 11.6. The van der Waals surface area contributed by atoms with Gasteiger partial charge in [0.05, 0.1) is 18.8 Å². The fourth-order valence-electron chi connectivity index (χ4n) is 1.40. The van der Waals surface area contributed by atoms with E-state index in [-0.39, 0.29) is 94.1 Å². The van der Waals surface area contributed by atoms with Gasteiger partial charge in [0.2, 0.25) is 0 Å². The molecule has 30 heavy (non-hydrogen) atoms. The Hall–Kier alpha value is -0.300. The number of rotatable bonds is 10. The number of hydrogen-bond acceptors (Lipinski definition) is 11. The Balaban J connectivity index is -0.0000000847. The first-order valence-corrected chi connectivity index (χ1v) is 6.28. The van der Waals surface area contributed by atoms with Crippen LogP contribution in [0.3, 0.4) is 0 Å². The fourth-order valence-corrected chi connectivity index (χ4v) is 1.40. The van der Waals surface area contributed by atoms with Crippen molar-refractivity contribution in [3.63, 3.8) is 0 Å². The molecule has 0 saturated heterocycles. The Morgan fingerprint density at radius 2 is 0.867 bits per heavy atom. The van der Waals surface area contributed by atoms with Gasteiger partial charge in [-0.1, -0.05) is 0 Å². The molecule has 0 amide bonds. The molecule has 0 bridgehead atoms. The van der Waals surface area contributed by atoms with Gasteiger partial charge in [0.1, 0.15) is 5.60 Å². The molecule has 0 fully saturated rings. The van der Waals surface area contributed by atoms with E-state index in [1.54, 1.807) is 0 Å². The van der Waals surface area contributed by atoms with Gasteiger partial charge in [0.15, 0.2) is 5.60 Å². The molecule has 0 atom stereocenters. The maximum atomic E-state index is 10.3. The van der Waals surface area contributed by atoms with Crippen LogP contribution in [0, 0.1) is 0 Å². The maximum absolute atomic E-state index is 10.3. The van der Waals surface area contributed by atoms with Crippen LogP contribution in [0.1, 0.15) is 25.7 Å². The molecule has 0 aromatic rings. The zero-order valence-corrected chi connectivity index (χ0v) is 22.2. The van der Waals surface area contributed by atoms with Crippen molar-refractivity contribution < 1.29 is 164 Å². The summed E-state index contributed by atoms with van der Waals surface area (Å²) in [6, 6.07) is 0. The molecule has 0 aromatic heterocycles. The summed E-state index contributed by atoms with van der Waals surface area (Å²) in [5.74, 6) is -11.0. The number of carboxylic acids is 6. The fraction of sp³-hybridized carbons (Fsp3) is 0.500. The molecule has 0 saturated carbocycles. The Kier molecular flexibility index (Phi) is 28.2. The molecule has 0 radical (unpaired) electrons. The summed E-state index contributed by atoms with van der Waals surface area (Å²) in [5, 5.41) is 72.7. The third kappa shape index (κ3) is 19.7. The topological polar surface area (TPSA) is 304 Å². The minimum atomic E-state index is -2.97. The molecule has 15 nitrogen and oxygen atoms in total. The summed E-state index contributed by atoms with van der Waals surface area (Å²) in [7, 11) is 0. The Labute approximate surface area is 234 Å². The van der Waals surface area contributed by atoms with E-state index >= 15 is 0 Å². The molecule has 0 spiro atoms. The van der Waals surface area contributed by atoms with Gasteiger partial charge in [-0.3, -0.25) is 9.59 Å². The second-order valence-electron chi connectivity index (χ2n) is 4.89. The molecule has 7 N–H and O–H groups in total. The number of carboxylic acid groups (broad SMARTS) is 6. The van der Waals surface area contributed by atoms with Crippen LogP contribution >= 0.6 is 0 Å². The molecular formula is C12H15Na3O15. The molecule has 0 heterocycles. The van der Waals surface area contributed by atoms with Gasteiger partial charge in [0, 0.05) is 24.8 Å². The molecule has 156 valence electrons. The van der Waals surface area contributed by atoms with E-state index in [0.29, 0.717) is 0 Å². The molecule has 0 rings (SSSR count). The average molecular weight is 468 g/mol. The summed E-state index contributed by atoms with van der Waals surface area (Å²) >= 11 is 0. The summed E-state index contributed by atoms with van der Waals surface area (Å²) in [6.07, 6.45) is -5.00. The Morgan fingerprint density at radius 3 is 1.00 bits per heavy atom.